The number of benzene rings is 1. The molecule has 0 spiro atoms. The van der Waals surface area contributed by atoms with Gasteiger partial charge in [0.1, 0.15) is 11.4 Å². The molecule has 3 aromatic heterocycles. The van der Waals surface area contributed by atoms with Crippen LogP contribution >= 0.6 is 23.1 Å². The topological polar surface area (TPSA) is 111 Å². The average molecular weight is 455 g/mol. The van der Waals surface area contributed by atoms with E-state index in [0.717, 1.165) is 5.56 Å². The number of thioether (sulfide) groups is 1. The molecule has 4 aromatic rings. The number of pyridine rings is 1. The van der Waals surface area contributed by atoms with E-state index >= 15 is 0 Å². The summed E-state index contributed by atoms with van der Waals surface area (Å²) >= 11 is 2.63. The molecule has 0 atom stereocenters. The summed E-state index contributed by atoms with van der Waals surface area (Å²) in [6, 6.07) is 11.9. The third-order valence-corrected chi connectivity index (χ3v) is 6.21. The van der Waals surface area contributed by atoms with E-state index in [0.29, 0.717) is 38.0 Å². The Balaban J connectivity index is 1.39. The maximum Gasteiger partial charge on any atom is 0.325 e. The first-order valence-corrected chi connectivity index (χ1v) is 11.0. The van der Waals surface area contributed by atoms with Crippen molar-refractivity contribution in [2.24, 2.45) is 0 Å². The number of amides is 2. The van der Waals surface area contributed by atoms with Crippen molar-refractivity contribution >= 4 is 45.6 Å². The van der Waals surface area contributed by atoms with Crippen LogP contribution in [0.5, 0.6) is 5.75 Å². The number of anilines is 2. The van der Waals surface area contributed by atoms with Crippen LogP contribution in [-0.2, 0) is 5.75 Å². The lowest BCUT2D eigenvalue weighted by atomic mass is 10.3. The van der Waals surface area contributed by atoms with E-state index in [9.17, 15) is 9.59 Å². The molecule has 9 nitrogen and oxygen atoms in total. The van der Waals surface area contributed by atoms with Crippen molar-refractivity contribution in [2.75, 3.05) is 17.7 Å². The molecule has 11 heteroatoms. The van der Waals surface area contributed by atoms with E-state index in [1.54, 1.807) is 24.4 Å². The number of aryl methyl sites for hydroxylation is 1. The van der Waals surface area contributed by atoms with Gasteiger partial charge in [-0.2, -0.15) is 0 Å². The molecule has 2 N–H and O–H groups in total. The van der Waals surface area contributed by atoms with Gasteiger partial charge in [-0.25, -0.2) is 9.78 Å². The molecular formula is C20H18N6O3S2. The number of aromatic nitrogens is 4. The third kappa shape index (κ3) is 5.01. The van der Waals surface area contributed by atoms with E-state index in [1.807, 2.05) is 25.1 Å². The predicted molar refractivity (Wildman–Crippen MR) is 121 cm³/mol. The largest absolute Gasteiger partial charge is 0.495 e. The minimum atomic E-state index is -0.447. The van der Waals surface area contributed by atoms with Crippen molar-refractivity contribution in [3.63, 3.8) is 0 Å². The SMILES string of the molecule is COc1ccccc1NC(=O)Nc1nnc(SCc2cc(=O)n3ccc(C)cc3n2)s1. The van der Waals surface area contributed by atoms with Crippen LogP contribution in [0, 0.1) is 6.92 Å². The summed E-state index contributed by atoms with van der Waals surface area (Å²) in [5.41, 5.74) is 2.71. The predicted octanol–water partition coefficient (Wildman–Crippen LogP) is 3.80. The van der Waals surface area contributed by atoms with Crippen molar-refractivity contribution in [3.8, 4) is 5.75 Å². The average Bonchev–Trinajstić information content (AvgIpc) is 3.19. The Bertz CT molecular complexity index is 1300. The molecule has 0 unspecified atom stereocenters. The summed E-state index contributed by atoms with van der Waals surface area (Å²) in [6.07, 6.45) is 1.72. The van der Waals surface area contributed by atoms with Crippen LogP contribution < -0.4 is 20.9 Å². The van der Waals surface area contributed by atoms with Gasteiger partial charge >= 0.3 is 6.03 Å². The van der Waals surface area contributed by atoms with E-state index in [4.69, 9.17) is 4.74 Å². The minimum absolute atomic E-state index is 0.131. The molecule has 0 saturated carbocycles. The second-order valence-corrected chi connectivity index (χ2v) is 8.66. The Kier molecular flexibility index (Phi) is 6.14. The van der Waals surface area contributed by atoms with Gasteiger partial charge in [-0.1, -0.05) is 35.2 Å². The summed E-state index contributed by atoms with van der Waals surface area (Å²) in [7, 11) is 1.53. The molecular weight excluding hydrogens is 436 g/mol. The molecule has 1 aromatic carbocycles. The summed E-state index contributed by atoms with van der Waals surface area (Å²) in [4.78, 5) is 29.0. The lowest BCUT2D eigenvalue weighted by Gasteiger charge is -2.09. The number of rotatable bonds is 6. The van der Waals surface area contributed by atoms with Gasteiger partial charge in [0.15, 0.2) is 4.34 Å². The molecule has 2 amide bonds. The molecule has 158 valence electrons. The van der Waals surface area contributed by atoms with Crippen molar-refractivity contribution in [1.82, 2.24) is 19.6 Å². The summed E-state index contributed by atoms with van der Waals surface area (Å²) in [6.45, 7) is 1.95. The monoisotopic (exact) mass is 454 g/mol. The van der Waals surface area contributed by atoms with Crippen LogP contribution in [0.15, 0.2) is 57.8 Å². The minimum Gasteiger partial charge on any atom is -0.495 e. The van der Waals surface area contributed by atoms with Crippen LogP contribution in [0.1, 0.15) is 11.3 Å². The van der Waals surface area contributed by atoms with Gasteiger partial charge in [0.2, 0.25) is 5.13 Å². The van der Waals surface area contributed by atoms with Crippen LogP contribution in [0.2, 0.25) is 0 Å². The quantitative estimate of drug-likeness (QED) is 0.337. The number of hydrogen-bond acceptors (Lipinski definition) is 8. The van der Waals surface area contributed by atoms with E-state index in [2.05, 4.69) is 25.8 Å². The van der Waals surface area contributed by atoms with Crippen molar-refractivity contribution in [2.45, 2.75) is 17.0 Å². The molecule has 4 rings (SSSR count). The Morgan fingerprint density at radius 2 is 2.03 bits per heavy atom. The second-order valence-electron chi connectivity index (χ2n) is 6.46. The van der Waals surface area contributed by atoms with Gasteiger partial charge in [-0.05, 0) is 36.8 Å². The standard InChI is InChI=1S/C20H18N6O3S2/c1-12-7-8-26-16(9-12)21-13(10-17(26)27)11-30-20-25-24-19(31-20)23-18(28)22-14-5-3-4-6-15(14)29-2/h3-10H,11H2,1-2H3,(H2,22,23,24,28). The first-order chi connectivity index (χ1) is 15.0. The number of nitrogens with one attached hydrogen (secondary N) is 2. The molecule has 0 fully saturated rings. The van der Waals surface area contributed by atoms with Crippen LogP contribution in [-0.4, -0.2) is 32.7 Å². The van der Waals surface area contributed by atoms with Gasteiger partial charge in [0.25, 0.3) is 5.56 Å². The number of fused-ring (bicyclic) bond motifs is 1. The zero-order valence-electron chi connectivity index (χ0n) is 16.7. The fourth-order valence-electron chi connectivity index (χ4n) is 2.78. The zero-order valence-corrected chi connectivity index (χ0v) is 18.3. The molecule has 0 aliphatic carbocycles. The van der Waals surface area contributed by atoms with E-state index < -0.39 is 6.03 Å². The molecule has 0 bridgehead atoms. The lowest BCUT2D eigenvalue weighted by molar-refractivity contribution is 0.262. The second kappa shape index (κ2) is 9.14. The highest BCUT2D eigenvalue weighted by molar-refractivity contribution is 8.00. The smallest absolute Gasteiger partial charge is 0.325 e. The summed E-state index contributed by atoms with van der Waals surface area (Å²) in [5.74, 6) is 1.02. The fourth-order valence-corrected chi connectivity index (χ4v) is 4.42. The third-order valence-electron chi connectivity index (χ3n) is 4.20. The van der Waals surface area contributed by atoms with Gasteiger partial charge < -0.3 is 10.1 Å². The van der Waals surface area contributed by atoms with Crippen molar-refractivity contribution < 1.29 is 9.53 Å². The van der Waals surface area contributed by atoms with Crippen molar-refractivity contribution in [1.29, 1.82) is 0 Å². The van der Waals surface area contributed by atoms with Crippen LogP contribution in [0.3, 0.4) is 0 Å². The number of carbonyl (C=O) groups is 1. The number of nitrogens with zero attached hydrogens (tertiary/aromatic N) is 4. The number of ether oxygens (including phenoxy) is 1. The molecule has 0 radical (unpaired) electrons. The zero-order chi connectivity index (χ0) is 21.8. The van der Waals surface area contributed by atoms with Gasteiger partial charge in [-0.15, -0.1) is 10.2 Å². The first kappa shape index (κ1) is 20.8. The first-order valence-electron chi connectivity index (χ1n) is 9.18. The molecule has 0 aliphatic heterocycles. The van der Waals surface area contributed by atoms with Crippen molar-refractivity contribution in [3.05, 3.63) is 70.3 Å². The Hall–Kier alpha value is -3.44. The number of urea groups is 1. The highest BCUT2D eigenvalue weighted by Crippen LogP contribution is 2.28. The van der Waals surface area contributed by atoms with E-state index in [-0.39, 0.29) is 5.56 Å². The molecule has 0 aliphatic rings. The van der Waals surface area contributed by atoms with Crippen LogP contribution in [0.25, 0.3) is 5.65 Å². The van der Waals surface area contributed by atoms with E-state index in [1.165, 1.54) is 40.7 Å². The number of para-hydroxylation sites is 2. The Morgan fingerprint density at radius 1 is 1.19 bits per heavy atom. The Labute approximate surface area is 185 Å². The van der Waals surface area contributed by atoms with Crippen LogP contribution in [0.4, 0.5) is 15.6 Å². The highest BCUT2D eigenvalue weighted by atomic mass is 32.2. The highest BCUT2D eigenvalue weighted by Gasteiger charge is 2.12. The summed E-state index contributed by atoms with van der Waals surface area (Å²) < 4.78 is 7.38. The van der Waals surface area contributed by atoms with Gasteiger partial charge in [-0.3, -0.25) is 14.5 Å². The maximum absolute atomic E-state index is 12.3. The normalized spacial score (nSPS) is 10.8. The summed E-state index contributed by atoms with van der Waals surface area (Å²) in [5, 5.41) is 13.8. The number of methoxy groups -OCH3 is 1. The van der Waals surface area contributed by atoms with Gasteiger partial charge in [0, 0.05) is 18.0 Å². The molecule has 0 saturated heterocycles. The lowest BCUT2D eigenvalue weighted by Crippen LogP contribution is -2.19. The molecule has 31 heavy (non-hydrogen) atoms. The Morgan fingerprint density at radius 3 is 2.87 bits per heavy atom. The van der Waals surface area contributed by atoms with Gasteiger partial charge in [0.05, 0.1) is 18.5 Å². The number of hydrogen-bond donors (Lipinski definition) is 2. The molecule has 3 heterocycles. The maximum atomic E-state index is 12.3. The fraction of sp³-hybridized carbons (Fsp3) is 0.150. The number of carbonyl (C=O) groups excluding carboxylic acids is 1.